The fraction of sp³-hybridized carbons (Fsp3) is 0.625. The lowest BCUT2D eigenvalue weighted by Crippen LogP contribution is -2.34. The first-order valence-corrected chi connectivity index (χ1v) is 6.99. The zero-order valence-electron chi connectivity index (χ0n) is 11.8. The highest BCUT2D eigenvalue weighted by atomic mass is 14.9. The zero-order valence-corrected chi connectivity index (χ0v) is 11.8. The van der Waals surface area contributed by atoms with E-state index in [1.807, 2.05) is 0 Å². The number of rotatable bonds is 7. The van der Waals surface area contributed by atoms with E-state index in [0.717, 1.165) is 6.54 Å². The van der Waals surface area contributed by atoms with Crippen LogP contribution < -0.4 is 5.32 Å². The highest BCUT2D eigenvalue weighted by Crippen LogP contribution is 2.22. The van der Waals surface area contributed by atoms with Crippen molar-refractivity contribution in [1.29, 1.82) is 0 Å². The Balaban J connectivity index is 2.72. The van der Waals surface area contributed by atoms with Crippen LogP contribution in [0, 0.1) is 6.92 Å². The molecule has 1 N–H and O–H groups in total. The molecular formula is C16H27N. The van der Waals surface area contributed by atoms with E-state index in [0.29, 0.717) is 12.0 Å². The summed E-state index contributed by atoms with van der Waals surface area (Å²) in [6, 6.07) is 9.53. The van der Waals surface area contributed by atoms with Gasteiger partial charge in [0.25, 0.3) is 0 Å². The Bertz CT molecular complexity index is 319. The number of hydrogen-bond acceptors (Lipinski definition) is 1. The molecule has 0 saturated heterocycles. The standard InChI is InChI=1S/C16H27N/c1-5-8-16(17-11-6-2)14(4)15-10-7-9-13(3)12-15/h7,9-10,12,14,16-17H,5-6,8,11H2,1-4H3. The number of nitrogens with one attached hydrogen (secondary N) is 1. The van der Waals surface area contributed by atoms with Gasteiger partial charge in [-0.15, -0.1) is 0 Å². The molecule has 0 fully saturated rings. The first-order valence-electron chi connectivity index (χ1n) is 6.99. The summed E-state index contributed by atoms with van der Waals surface area (Å²) in [5, 5.41) is 3.69. The van der Waals surface area contributed by atoms with Crippen LogP contribution in [0.2, 0.25) is 0 Å². The lowest BCUT2D eigenvalue weighted by Gasteiger charge is -2.25. The van der Waals surface area contributed by atoms with Gasteiger partial charge in [0.1, 0.15) is 0 Å². The quantitative estimate of drug-likeness (QED) is 0.741. The molecule has 0 spiro atoms. The third-order valence-electron chi connectivity index (χ3n) is 3.43. The summed E-state index contributed by atoms with van der Waals surface area (Å²) < 4.78 is 0. The maximum absolute atomic E-state index is 3.69. The van der Waals surface area contributed by atoms with E-state index >= 15 is 0 Å². The zero-order chi connectivity index (χ0) is 12.7. The maximum Gasteiger partial charge on any atom is 0.0133 e. The van der Waals surface area contributed by atoms with Crippen LogP contribution in [0.1, 0.15) is 57.1 Å². The van der Waals surface area contributed by atoms with Gasteiger partial charge in [0.05, 0.1) is 0 Å². The summed E-state index contributed by atoms with van der Waals surface area (Å²) in [7, 11) is 0. The van der Waals surface area contributed by atoms with Gasteiger partial charge < -0.3 is 5.32 Å². The van der Waals surface area contributed by atoms with Gasteiger partial charge in [-0.05, 0) is 37.8 Å². The van der Waals surface area contributed by atoms with Gasteiger partial charge in [0.15, 0.2) is 0 Å². The van der Waals surface area contributed by atoms with Gasteiger partial charge in [0.2, 0.25) is 0 Å². The Kier molecular flexibility index (Phi) is 6.28. The lowest BCUT2D eigenvalue weighted by molar-refractivity contribution is 0.420. The monoisotopic (exact) mass is 233 g/mol. The number of hydrogen-bond donors (Lipinski definition) is 1. The van der Waals surface area contributed by atoms with Crippen molar-refractivity contribution in [2.75, 3.05) is 6.54 Å². The molecule has 1 rings (SSSR count). The largest absolute Gasteiger partial charge is 0.313 e. The predicted octanol–water partition coefficient (Wildman–Crippen LogP) is 4.27. The summed E-state index contributed by atoms with van der Waals surface area (Å²) in [6.45, 7) is 10.1. The lowest BCUT2D eigenvalue weighted by atomic mass is 9.89. The highest BCUT2D eigenvalue weighted by Gasteiger charge is 2.17. The molecule has 0 saturated carbocycles. The van der Waals surface area contributed by atoms with Gasteiger partial charge in [-0.1, -0.05) is 57.0 Å². The van der Waals surface area contributed by atoms with Gasteiger partial charge >= 0.3 is 0 Å². The average molecular weight is 233 g/mol. The first kappa shape index (κ1) is 14.2. The maximum atomic E-state index is 3.69. The molecule has 1 heteroatoms. The normalized spacial score (nSPS) is 14.6. The summed E-state index contributed by atoms with van der Waals surface area (Å²) >= 11 is 0. The van der Waals surface area contributed by atoms with Crippen molar-refractivity contribution in [2.24, 2.45) is 0 Å². The van der Waals surface area contributed by atoms with Crippen LogP contribution in [0.3, 0.4) is 0 Å². The van der Waals surface area contributed by atoms with Gasteiger partial charge in [-0.3, -0.25) is 0 Å². The molecule has 1 aromatic rings. The second-order valence-electron chi connectivity index (χ2n) is 5.05. The molecule has 2 unspecified atom stereocenters. The summed E-state index contributed by atoms with van der Waals surface area (Å²) in [5.41, 5.74) is 2.83. The molecule has 0 aromatic heterocycles. The molecule has 0 amide bonds. The SMILES string of the molecule is CCCNC(CCC)C(C)c1cccc(C)c1. The van der Waals surface area contributed by atoms with Crippen LogP contribution in [-0.4, -0.2) is 12.6 Å². The van der Waals surface area contributed by atoms with Crippen molar-refractivity contribution >= 4 is 0 Å². The summed E-state index contributed by atoms with van der Waals surface area (Å²) in [4.78, 5) is 0. The molecule has 17 heavy (non-hydrogen) atoms. The van der Waals surface area contributed by atoms with Crippen molar-refractivity contribution in [2.45, 2.75) is 58.9 Å². The molecule has 0 radical (unpaired) electrons. The minimum Gasteiger partial charge on any atom is -0.313 e. The summed E-state index contributed by atoms with van der Waals surface area (Å²) in [6.07, 6.45) is 3.72. The van der Waals surface area contributed by atoms with Crippen LogP contribution in [-0.2, 0) is 0 Å². The van der Waals surface area contributed by atoms with E-state index < -0.39 is 0 Å². The number of aryl methyl sites for hydroxylation is 1. The Hall–Kier alpha value is -0.820. The molecule has 0 bridgehead atoms. The third kappa shape index (κ3) is 4.51. The number of benzene rings is 1. The topological polar surface area (TPSA) is 12.0 Å². The van der Waals surface area contributed by atoms with Crippen molar-refractivity contribution in [3.05, 3.63) is 35.4 Å². The Labute approximate surface area is 107 Å². The molecule has 0 aliphatic rings. The fourth-order valence-corrected chi connectivity index (χ4v) is 2.36. The van der Waals surface area contributed by atoms with Crippen LogP contribution >= 0.6 is 0 Å². The van der Waals surface area contributed by atoms with E-state index in [4.69, 9.17) is 0 Å². The molecule has 96 valence electrons. The molecule has 1 aromatic carbocycles. The van der Waals surface area contributed by atoms with E-state index in [1.165, 1.54) is 30.4 Å². The van der Waals surface area contributed by atoms with Crippen molar-refractivity contribution in [3.63, 3.8) is 0 Å². The highest BCUT2D eigenvalue weighted by molar-refractivity contribution is 5.26. The molecule has 0 aliphatic heterocycles. The Morgan fingerprint density at radius 3 is 2.53 bits per heavy atom. The van der Waals surface area contributed by atoms with Crippen LogP contribution in [0.25, 0.3) is 0 Å². The predicted molar refractivity (Wildman–Crippen MR) is 76.6 cm³/mol. The van der Waals surface area contributed by atoms with Crippen LogP contribution in [0.4, 0.5) is 0 Å². The molecule has 1 nitrogen and oxygen atoms in total. The van der Waals surface area contributed by atoms with Crippen LogP contribution in [0.15, 0.2) is 24.3 Å². The van der Waals surface area contributed by atoms with Gasteiger partial charge in [-0.2, -0.15) is 0 Å². The van der Waals surface area contributed by atoms with Crippen molar-refractivity contribution in [3.8, 4) is 0 Å². The van der Waals surface area contributed by atoms with Crippen LogP contribution in [0.5, 0.6) is 0 Å². The summed E-state index contributed by atoms with van der Waals surface area (Å²) in [5.74, 6) is 0.599. The van der Waals surface area contributed by atoms with E-state index in [9.17, 15) is 0 Å². The van der Waals surface area contributed by atoms with Gasteiger partial charge in [-0.25, -0.2) is 0 Å². The average Bonchev–Trinajstić information content (AvgIpc) is 2.33. The van der Waals surface area contributed by atoms with E-state index in [2.05, 4.69) is 57.3 Å². The Morgan fingerprint density at radius 1 is 1.18 bits per heavy atom. The van der Waals surface area contributed by atoms with Crippen molar-refractivity contribution < 1.29 is 0 Å². The smallest absolute Gasteiger partial charge is 0.0133 e. The molecule has 2 atom stereocenters. The minimum absolute atomic E-state index is 0.599. The van der Waals surface area contributed by atoms with E-state index in [-0.39, 0.29) is 0 Å². The van der Waals surface area contributed by atoms with Gasteiger partial charge in [0, 0.05) is 6.04 Å². The third-order valence-corrected chi connectivity index (χ3v) is 3.43. The molecular weight excluding hydrogens is 206 g/mol. The second-order valence-corrected chi connectivity index (χ2v) is 5.05. The van der Waals surface area contributed by atoms with E-state index in [1.54, 1.807) is 0 Å². The van der Waals surface area contributed by atoms with Crippen molar-refractivity contribution in [1.82, 2.24) is 5.32 Å². The molecule has 0 aliphatic carbocycles. The second kappa shape index (κ2) is 7.50. The Morgan fingerprint density at radius 2 is 1.94 bits per heavy atom. The molecule has 0 heterocycles. The first-order chi connectivity index (χ1) is 8.19. The fourth-order valence-electron chi connectivity index (χ4n) is 2.36. The minimum atomic E-state index is 0.599.